The third kappa shape index (κ3) is 3.44. The lowest BCUT2D eigenvalue weighted by Gasteiger charge is -2.30. The molecule has 7 nitrogen and oxygen atoms in total. The van der Waals surface area contributed by atoms with E-state index in [1.54, 1.807) is 40.4 Å². The number of rotatable bonds is 3. The predicted molar refractivity (Wildman–Crippen MR) is 107 cm³/mol. The van der Waals surface area contributed by atoms with Crippen LogP contribution < -0.4 is 5.32 Å². The molecule has 9 heteroatoms. The molecule has 0 saturated carbocycles. The monoisotopic (exact) mass is 422 g/mol. The zero-order chi connectivity index (χ0) is 19.9. The number of anilines is 1. The van der Waals surface area contributed by atoms with Crippen molar-refractivity contribution in [1.29, 1.82) is 0 Å². The highest BCUT2D eigenvalue weighted by molar-refractivity contribution is 7.89. The van der Waals surface area contributed by atoms with E-state index in [1.165, 1.54) is 0 Å². The third-order valence-corrected chi connectivity index (χ3v) is 7.73. The second-order valence-electron chi connectivity index (χ2n) is 7.35. The fourth-order valence-corrected chi connectivity index (χ4v) is 6.10. The van der Waals surface area contributed by atoms with Gasteiger partial charge in [0.05, 0.1) is 27.9 Å². The molecule has 2 aromatic rings. The maximum atomic E-state index is 13.6. The molecular weight excluding hydrogens is 400 g/mol. The summed E-state index contributed by atoms with van der Waals surface area (Å²) in [7, 11) is -1.93. The molecule has 0 radical (unpaired) electrons. The van der Waals surface area contributed by atoms with Gasteiger partial charge in [-0.3, -0.25) is 9.48 Å². The summed E-state index contributed by atoms with van der Waals surface area (Å²) in [6.07, 6.45) is 5.91. The van der Waals surface area contributed by atoms with Crippen molar-refractivity contribution in [3.8, 4) is 0 Å². The third-order valence-electron chi connectivity index (χ3n) is 5.54. The zero-order valence-electron chi connectivity index (χ0n) is 15.7. The summed E-state index contributed by atoms with van der Waals surface area (Å²) in [6, 6.07) is 4.61. The average molecular weight is 423 g/mol. The smallest absolute Gasteiger partial charge is 0.243 e. The summed E-state index contributed by atoms with van der Waals surface area (Å²) in [4.78, 5) is 11.8. The summed E-state index contributed by atoms with van der Waals surface area (Å²) in [5.74, 6) is -0.0402. The largest absolute Gasteiger partial charge is 0.326 e. The fourth-order valence-electron chi connectivity index (χ4n) is 4.09. The van der Waals surface area contributed by atoms with Gasteiger partial charge in [-0.2, -0.15) is 9.40 Å². The molecular formula is C19H23ClN4O3S. The van der Waals surface area contributed by atoms with Crippen molar-refractivity contribution in [3.63, 3.8) is 0 Å². The van der Waals surface area contributed by atoms with Crippen LogP contribution >= 0.6 is 11.6 Å². The maximum absolute atomic E-state index is 13.6. The average Bonchev–Trinajstić information content (AvgIpc) is 2.86. The second kappa shape index (κ2) is 7.50. The number of halogens is 1. The Kier molecular flexibility index (Phi) is 5.20. The lowest BCUT2D eigenvalue weighted by Crippen LogP contribution is -2.36. The van der Waals surface area contributed by atoms with E-state index in [9.17, 15) is 13.2 Å². The molecule has 1 atom stereocenters. The highest BCUT2D eigenvalue weighted by Crippen LogP contribution is 2.38. The van der Waals surface area contributed by atoms with Crippen molar-refractivity contribution in [1.82, 2.24) is 14.1 Å². The zero-order valence-corrected chi connectivity index (χ0v) is 17.3. The summed E-state index contributed by atoms with van der Waals surface area (Å²) >= 11 is 6.36. The molecule has 4 rings (SSSR count). The minimum absolute atomic E-state index is 0.0402. The van der Waals surface area contributed by atoms with Crippen LogP contribution in [0.5, 0.6) is 0 Å². The number of nitrogens with zero attached hydrogens (tertiary/aromatic N) is 3. The molecule has 1 fully saturated rings. The maximum Gasteiger partial charge on any atom is 0.243 e. The quantitative estimate of drug-likeness (QED) is 0.822. The molecule has 1 saturated heterocycles. The highest BCUT2D eigenvalue weighted by atomic mass is 35.5. The van der Waals surface area contributed by atoms with Gasteiger partial charge in [0.25, 0.3) is 0 Å². The van der Waals surface area contributed by atoms with Crippen LogP contribution in [-0.4, -0.2) is 35.0 Å². The number of hydrogen-bond donors (Lipinski definition) is 1. The Morgan fingerprint density at radius 2 is 2.04 bits per heavy atom. The minimum atomic E-state index is -3.72. The van der Waals surface area contributed by atoms with Crippen molar-refractivity contribution in [2.75, 3.05) is 11.9 Å². The summed E-state index contributed by atoms with van der Waals surface area (Å²) in [6.45, 7) is 0.447. The van der Waals surface area contributed by atoms with Gasteiger partial charge in [-0.15, -0.1) is 0 Å². The first kappa shape index (κ1) is 19.4. The molecule has 28 heavy (non-hydrogen) atoms. The number of carbonyl (C=O) groups is 1. The first-order valence-corrected chi connectivity index (χ1v) is 11.3. The topological polar surface area (TPSA) is 84.3 Å². The van der Waals surface area contributed by atoms with Crippen LogP contribution in [0.4, 0.5) is 5.69 Å². The lowest BCUT2D eigenvalue weighted by molar-refractivity contribution is -0.116. The molecule has 1 aromatic carbocycles. The normalized spacial score (nSPS) is 21.1. The van der Waals surface area contributed by atoms with Crippen molar-refractivity contribution in [3.05, 3.63) is 40.7 Å². The number of nitrogens with one attached hydrogen (secondary N) is 1. The van der Waals surface area contributed by atoms with E-state index < -0.39 is 10.0 Å². The number of aryl methyl sites for hydroxylation is 2. The van der Waals surface area contributed by atoms with E-state index in [0.717, 1.165) is 30.5 Å². The Balaban J connectivity index is 1.75. The Morgan fingerprint density at radius 3 is 2.79 bits per heavy atom. The number of fused-ring (bicyclic) bond motifs is 1. The van der Waals surface area contributed by atoms with E-state index in [0.29, 0.717) is 36.5 Å². The fraction of sp³-hybridized carbons (Fsp3) is 0.474. The molecule has 0 unspecified atom stereocenters. The molecule has 1 N–H and O–H groups in total. The van der Waals surface area contributed by atoms with Gasteiger partial charge in [-0.25, -0.2) is 8.42 Å². The second-order valence-corrected chi connectivity index (χ2v) is 9.65. The van der Waals surface area contributed by atoms with Gasteiger partial charge in [-0.1, -0.05) is 24.4 Å². The Bertz CT molecular complexity index is 999. The van der Waals surface area contributed by atoms with Gasteiger partial charge in [0.1, 0.15) is 0 Å². The molecule has 2 aliphatic rings. The van der Waals surface area contributed by atoms with E-state index in [4.69, 9.17) is 11.6 Å². The SMILES string of the molecule is Cn1ncc(Cl)c1[C@@H]1CCCCCN1S(=O)(=O)c1ccc2c(c1)CCC(=O)N2. The molecule has 2 aliphatic heterocycles. The lowest BCUT2D eigenvalue weighted by atomic mass is 10.0. The van der Waals surface area contributed by atoms with Crippen molar-refractivity contribution in [2.45, 2.75) is 49.5 Å². The number of carbonyl (C=O) groups excluding carboxylic acids is 1. The van der Waals surface area contributed by atoms with Crippen LogP contribution in [0, 0.1) is 0 Å². The predicted octanol–water partition coefficient (Wildman–Crippen LogP) is 3.26. The number of hydrogen-bond acceptors (Lipinski definition) is 4. The van der Waals surface area contributed by atoms with Gasteiger partial charge in [0, 0.05) is 25.7 Å². The molecule has 3 heterocycles. The number of sulfonamides is 1. The Labute approximate surface area is 169 Å². The van der Waals surface area contributed by atoms with Gasteiger partial charge in [0.2, 0.25) is 15.9 Å². The first-order chi connectivity index (χ1) is 13.4. The van der Waals surface area contributed by atoms with Crippen molar-refractivity contribution < 1.29 is 13.2 Å². The van der Waals surface area contributed by atoms with Crippen LogP contribution in [0.1, 0.15) is 49.4 Å². The van der Waals surface area contributed by atoms with E-state index in [1.807, 2.05) is 0 Å². The van der Waals surface area contributed by atoms with E-state index in [-0.39, 0.29) is 16.8 Å². The molecule has 0 aliphatic carbocycles. The molecule has 150 valence electrons. The van der Waals surface area contributed by atoms with Gasteiger partial charge in [-0.05, 0) is 43.0 Å². The standard InChI is InChI=1S/C19H23ClN4O3S/c1-23-19(15(20)12-21-23)17-5-3-2-4-10-24(17)28(26,27)14-7-8-16-13(11-14)6-9-18(25)22-16/h7-8,11-12,17H,2-6,9-10H2,1H3,(H,22,25)/t17-/m0/s1. The summed E-state index contributed by atoms with van der Waals surface area (Å²) in [5.41, 5.74) is 2.28. The summed E-state index contributed by atoms with van der Waals surface area (Å²) in [5, 5.41) is 7.49. The first-order valence-electron chi connectivity index (χ1n) is 9.50. The van der Waals surface area contributed by atoms with Crippen LogP contribution in [0.3, 0.4) is 0 Å². The van der Waals surface area contributed by atoms with Crippen LogP contribution in [0.25, 0.3) is 0 Å². The van der Waals surface area contributed by atoms with Crippen molar-refractivity contribution >= 4 is 33.2 Å². The van der Waals surface area contributed by atoms with E-state index in [2.05, 4.69) is 10.4 Å². The van der Waals surface area contributed by atoms with Crippen LogP contribution in [-0.2, 0) is 28.3 Å². The van der Waals surface area contributed by atoms with Crippen LogP contribution in [0.2, 0.25) is 5.02 Å². The van der Waals surface area contributed by atoms with Crippen LogP contribution in [0.15, 0.2) is 29.3 Å². The van der Waals surface area contributed by atoms with Gasteiger partial charge >= 0.3 is 0 Å². The van der Waals surface area contributed by atoms with E-state index >= 15 is 0 Å². The molecule has 0 bridgehead atoms. The van der Waals surface area contributed by atoms with Crippen molar-refractivity contribution in [2.24, 2.45) is 7.05 Å². The number of benzene rings is 1. The van der Waals surface area contributed by atoms with Gasteiger partial charge in [0.15, 0.2) is 0 Å². The highest BCUT2D eigenvalue weighted by Gasteiger charge is 2.36. The Hall–Kier alpha value is -1.90. The molecule has 1 amide bonds. The van der Waals surface area contributed by atoms with Gasteiger partial charge < -0.3 is 5.32 Å². The molecule has 1 aromatic heterocycles. The number of aromatic nitrogens is 2. The minimum Gasteiger partial charge on any atom is -0.326 e. The summed E-state index contributed by atoms with van der Waals surface area (Å²) < 4.78 is 30.4. The number of amides is 1. The Morgan fingerprint density at radius 1 is 1.21 bits per heavy atom. The molecule has 0 spiro atoms.